The summed E-state index contributed by atoms with van der Waals surface area (Å²) in [5, 5.41) is 26.6. The second-order valence-electron chi connectivity index (χ2n) is 18.7. The van der Waals surface area contributed by atoms with E-state index in [-0.39, 0.29) is 36.7 Å². The average molecular weight is 788 g/mol. The van der Waals surface area contributed by atoms with Crippen molar-refractivity contribution in [1.82, 2.24) is 4.90 Å². The molecule has 0 spiro atoms. The molecule has 7 nitrogen and oxygen atoms in total. The van der Waals surface area contributed by atoms with E-state index in [2.05, 4.69) is 44.2 Å². The zero-order valence-corrected chi connectivity index (χ0v) is 35.1. The van der Waals surface area contributed by atoms with Gasteiger partial charge in [0.25, 0.3) is 5.91 Å². The summed E-state index contributed by atoms with van der Waals surface area (Å²) in [6.45, 7) is 12.5. The van der Waals surface area contributed by atoms with Crippen LogP contribution in [0.15, 0.2) is 84.4 Å². The minimum Gasteiger partial charge on any atom is -0.448 e. The molecule has 1 amide bonds. The van der Waals surface area contributed by atoms with Crippen LogP contribution in [0.4, 0.5) is 0 Å². The zero-order chi connectivity index (χ0) is 40.5. The van der Waals surface area contributed by atoms with Crippen molar-refractivity contribution in [2.45, 2.75) is 129 Å². The van der Waals surface area contributed by atoms with E-state index in [9.17, 15) is 19.8 Å². The number of thiophene rings is 1. The van der Waals surface area contributed by atoms with Crippen LogP contribution in [0.1, 0.15) is 129 Å². The van der Waals surface area contributed by atoms with Crippen LogP contribution < -0.4 is 0 Å². The van der Waals surface area contributed by atoms with Crippen LogP contribution in [-0.2, 0) is 27.3 Å². The average Bonchev–Trinajstić information content (AvgIpc) is 3.83. The number of ketones is 1. The van der Waals surface area contributed by atoms with Crippen molar-refractivity contribution in [3.63, 3.8) is 0 Å². The van der Waals surface area contributed by atoms with Gasteiger partial charge in [-0.3, -0.25) is 14.4 Å². The number of amides is 1. The molecule has 3 fully saturated rings. The van der Waals surface area contributed by atoms with Crippen LogP contribution in [0.5, 0.6) is 0 Å². The van der Waals surface area contributed by atoms with Crippen LogP contribution in [-0.4, -0.2) is 56.6 Å². The van der Waals surface area contributed by atoms with Gasteiger partial charge in [0.05, 0.1) is 28.5 Å². The number of aryl methyl sites for hydroxylation is 1. The molecular formula is C49H57NO6S. The quantitative estimate of drug-likeness (QED) is 0.110. The Kier molecular flexibility index (Phi) is 9.97. The fraction of sp³-hybridized carbons (Fsp3) is 0.490. The number of aliphatic hydroxyl groups excluding tert-OH is 1. The highest BCUT2D eigenvalue weighted by atomic mass is 32.1. The molecule has 1 saturated heterocycles. The Morgan fingerprint density at radius 3 is 2.40 bits per heavy atom. The van der Waals surface area contributed by atoms with Gasteiger partial charge in [-0.15, -0.1) is 11.3 Å². The number of benzene rings is 3. The highest BCUT2D eigenvalue weighted by Gasteiger charge is 2.76. The van der Waals surface area contributed by atoms with Crippen LogP contribution >= 0.6 is 11.3 Å². The Morgan fingerprint density at radius 1 is 0.912 bits per heavy atom. The van der Waals surface area contributed by atoms with Crippen molar-refractivity contribution in [1.29, 1.82) is 0 Å². The van der Waals surface area contributed by atoms with Gasteiger partial charge < -0.3 is 19.8 Å². The first-order chi connectivity index (χ1) is 27.0. The number of aliphatic hydroxyl groups is 2. The molecule has 6 unspecified atom stereocenters. The van der Waals surface area contributed by atoms with E-state index in [0.29, 0.717) is 61.8 Å². The van der Waals surface area contributed by atoms with Crippen molar-refractivity contribution < 1.29 is 29.3 Å². The van der Waals surface area contributed by atoms with Gasteiger partial charge >= 0.3 is 5.97 Å². The third-order valence-corrected chi connectivity index (χ3v) is 16.3. The third kappa shape index (κ3) is 6.33. The molecular weight excluding hydrogens is 731 g/mol. The first kappa shape index (κ1) is 39.7. The fourth-order valence-corrected chi connectivity index (χ4v) is 11.8. The number of fused-ring (bicyclic) bond motifs is 11. The highest BCUT2D eigenvalue weighted by molar-refractivity contribution is 7.14. The molecule has 6 atom stereocenters. The maximum Gasteiger partial charge on any atom is 0.313 e. The molecule has 300 valence electrons. The third-order valence-electron chi connectivity index (χ3n) is 15.3. The van der Waals surface area contributed by atoms with Gasteiger partial charge in [-0.05, 0) is 130 Å². The smallest absolute Gasteiger partial charge is 0.313 e. The maximum atomic E-state index is 15.5. The first-order valence-electron chi connectivity index (χ1n) is 20.8. The molecule has 4 aromatic rings. The number of allylic oxidation sites excluding steroid dienone is 2. The maximum absolute atomic E-state index is 15.5. The molecule has 57 heavy (non-hydrogen) atoms. The van der Waals surface area contributed by atoms with Crippen molar-refractivity contribution >= 4 is 39.8 Å². The van der Waals surface area contributed by atoms with E-state index >= 15 is 4.79 Å². The first-order valence-corrected chi connectivity index (χ1v) is 21.6. The van der Waals surface area contributed by atoms with Crippen LogP contribution in [0.25, 0.3) is 10.8 Å². The van der Waals surface area contributed by atoms with Crippen LogP contribution in [0, 0.1) is 23.2 Å². The van der Waals surface area contributed by atoms with Crippen molar-refractivity contribution in [3.05, 3.63) is 116 Å². The van der Waals surface area contributed by atoms with Crippen molar-refractivity contribution in [2.75, 3.05) is 6.54 Å². The molecule has 2 N–H and O–H groups in total. The Hall–Kier alpha value is -4.11. The highest BCUT2D eigenvalue weighted by Crippen LogP contribution is 2.66. The van der Waals surface area contributed by atoms with E-state index < -0.39 is 33.6 Å². The van der Waals surface area contributed by atoms with E-state index in [4.69, 9.17) is 4.74 Å². The molecule has 2 heterocycles. The number of ether oxygens (including phenoxy) is 1. The summed E-state index contributed by atoms with van der Waals surface area (Å²) >= 11 is 1.48. The van der Waals surface area contributed by atoms with E-state index in [1.54, 1.807) is 4.90 Å². The number of hydrogen-bond donors (Lipinski definition) is 2. The lowest BCUT2D eigenvalue weighted by atomic mass is 9.64. The largest absolute Gasteiger partial charge is 0.448 e. The molecule has 8 heteroatoms. The molecule has 2 saturated carbocycles. The minimum absolute atomic E-state index is 0.0403. The molecule has 1 aromatic heterocycles. The normalized spacial score (nSPS) is 30.8. The number of carbonyl (C=O) groups is 3. The summed E-state index contributed by atoms with van der Waals surface area (Å²) < 4.78 is 6.22. The number of hydrogen-bond acceptors (Lipinski definition) is 7. The van der Waals surface area contributed by atoms with Gasteiger partial charge in [-0.2, -0.15) is 0 Å². The second kappa shape index (κ2) is 14.3. The van der Waals surface area contributed by atoms with E-state index in [1.807, 2.05) is 76.2 Å². The van der Waals surface area contributed by atoms with Gasteiger partial charge in [0, 0.05) is 27.8 Å². The van der Waals surface area contributed by atoms with E-state index in [1.165, 1.54) is 16.9 Å². The molecule has 1 aliphatic heterocycles. The standard InChI is InChI=1S/C49H57NO6S/c1-31-11-10-23-46(5)40(38-20-18-33(27-36(51)19-16-31)28-39(38)42(52)41-21-17-32(2)57-41)22-24-48(46,55)30-50(29-35-14-9-13-34-12-7-8-15-37(34)35)43(53)49-26-25-47(6,44(54)56-49)45(49,3)4/h7-9,11-15,17-18,20-21,28,36,40,51,55H,10,16,19,22-27,29-30H2,1-6H3. The Labute approximate surface area is 341 Å². The molecule has 0 radical (unpaired) electrons. The van der Waals surface area contributed by atoms with Crippen LogP contribution in [0.3, 0.4) is 0 Å². The SMILES string of the molecule is CC1=CCCC2(C)C(CCC2(O)CN(Cc2cccc3ccccc23)C(=O)C23CCC(C)(C(=O)O2)C3(C)C)c2ccc(cc2C(=O)c2ccc(C)s2)CC(O)CC1. The number of rotatable bonds is 7. The van der Waals surface area contributed by atoms with Crippen molar-refractivity contribution in [2.24, 2.45) is 16.2 Å². The molecule has 9 rings (SSSR count). The number of carbonyl (C=O) groups excluding carboxylic acids is 3. The second-order valence-corrected chi connectivity index (χ2v) is 19.9. The molecule has 5 aliphatic rings. The lowest BCUT2D eigenvalue weighted by Crippen LogP contribution is -2.60. The zero-order valence-electron chi connectivity index (χ0n) is 34.3. The predicted octanol–water partition coefficient (Wildman–Crippen LogP) is 9.63. The minimum atomic E-state index is -1.35. The summed E-state index contributed by atoms with van der Waals surface area (Å²) in [7, 11) is 0. The van der Waals surface area contributed by atoms with Crippen LogP contribution in [0.2, 0.25) is 0 Å². The van der Waals surface area contributed by atoms with Gasteiger partial charge in [0.15, 0.2) is 5.60 Å². The van der Waals surface area contributed by atoms with Gasteiger partial charge in [-0.25, -0.2) is 0 Å². The van der Waals surface area contributed by atoms with Gasteiger partial charge in [0.1, 0.15) is 0 Å². The lowest BCUT2D eigenvalue weighted by molar-refractivity contribution is -0.178. The summed E-state index contributed by atoms with van der Waals surface area (Å²) in [5.74, 6) is -0.812. The number of nitrogens with zero attached hydrogens (tertiary/aromatic N) is 1. The topological polar surface area (TPSA) is 104 Å². The number of esters is 1. The lowest BCUT2D eigenvalue weighted by Gasteiger charge is -2.47. The van der Waals surface area contributed by atoms with Crippen molar-refractivity contribution in [3.8, 4) is 0 Å². The Bertz CT molecular complexity index is 2280. The summed E-state index contributed by atoms with van der Waals surface area (Å²) in [5.41, 5.74) is -0.378. The van der Waals surface area contributed by atoms with Gasteiger partial charge in [0.2, 0.25) is 5.78 Å². The summed E-state index contributed by atoms with van der Waals surface area (Å²) in [6, 6.07) is 24.2. The van der Waals surface area contributed by atoms with Gasteiger partial charge in [-0.1, -0.05) is 87.0 Å². The summed E-state index contributed by atoms with van der Waals surface area (Å²) in [6.07, 6.45) is 6.92. The predicted molar refractivity (Wildman–Crippen MR) is 225 cm³/mol. The Morgan fingerprint density at radius 2 is 1.68 bits per heavy atom. The summed E-state index contributed by atoms with van der Waals surface area (Å²) in [4.78, 5) is 47.0. The molecule has 4 bridgehead atoms. The monoisotopic (exact) mass is 787 g/mol. The fourth-order valence-electron chi connectivity index (χ4n) is 11.0. The molecule has 4 aliphatic carbocycles. The molecule has 3 aromatic carbocycles. The Balaban J connectivity index is 1.24. The van der Waals surface area contributed by atoms with E-state index in [0.717, 1.165) is 38.8 Å².